The van der Waals surface area contributed by atoms with E-state index in [-0.39, 0.29) is 11.2 Å². The molecular weight excluding hydrogens is 270 g/mol. The van der Waals surface area contributed by atoms with Crippen LogP contribution in [0.25, 0.3) is 0 Å². The molecule has 0 aromatic carbocycles. The molecular formula is C11H19N3O2S2. The van der Waals surface area contributed by atoms with Gasteiger partial charge in [0.05, 0.1) is 6.61 Å². The van der Waals surface area contributed by atoms with Crippen molar-refractivity contribution in [2.45, 2.75) is 49.2 Å². The molecule has 1 aromatic rings. The molecule has 0 amide bonds. The maximum atomic E-state index is 11.7. The second-order valence-electron chi connectivity index (χ2n) is 4.38. The minimum absolute atomic E-state index is 0.178. The summed E-state index contributed by atoms with van der Waals surface area (Å²) in [7, 11) is 0. The second kappa shape index (κ2) is 6.49. The molecule has 0 fully saturated rings. The Morgan fingerprint density at radius 3 is 2.83 bits per heavy atom. The second-order valence-corrected chi connectivity index (χ2v) is 6.82. The van der Waals surface area contributed by atoms with Gasteiger partial charge in [0.15, 0.2) is 4.34 Å². The molecule has 0 saturated carbocycles. The summed E-state index contributed by atoms with van der Waals surface area (Å²) in [6.07, 6.45) is 0.537. The van der Waals surface area contributed by atoms with E-state index in [1.165, 1.54) is 11.5 Å². The number of hydrogen-bond donors (Lipinski definition) is 1. The summed E-state index contributed by atoms with van der Waals surface area (Å²) >= 11 is 2.95. The van der Waals surface area contributed by atoms with Gasteiger partial charge in [-0.15, -0.1) is 0 Å². The lowest BCUT2D eigenvalue weighted by atomic mass is 9.98. The van der Waals surface area contributed by atoms with Crippen molar-refractivity contribution in [3.63, 3.8) is 0 Å². The van der Waals surface area contributed by atoms with Gasteiger partial charge in [0.1, 0.15) is 11.4 Å². The van der Waals surface area contributed by atoms with Crippen molar-refractivity contribution < 1.29 is 9.53 Å². The van der Waals surface area contributed by atoms with Gasteiger partial charge in [-0.05, 0) is 38.7 Å². The summed E-state index contributed by atoms with van der Waals surface area (Å²) in [5, 5.41) is 0.178. The highest BCUT2D eigenvalue weighted by atomic mass is 32.2. The third kappa shape index (κ3) is 4.55. The van der Waals surface area contributed by atoms with Crippen molar-refractivity contribution in [1.29, 1.82) is 0 Å². The molecule has 0 spiro atoms. The fourth-order valence-corrected chi connectivity index (χ4v) is 3.68. The molecule has 1 aromatic heterocycles. The first kappa shape index (κ1) is 15.4. The van der Waals surface area contributed by atoms with Crippen molar-refractivity contribution in [1.82, 2.24) is 9.36 Å². The Morgan fingerprint density at radius 1 is 1.67 bits per heavy atom. The summed E-state index contributed by atoms with van der Waals surface area (Å²) < 4.78 is 9.98. The van der Waals surface area contributed by atoms with Crippen LogP contribution in [0.1, 0.15) is 33.0 Å². The number of aromatic nitrogens is 2. The molecule has 102 valence electrons. The number of hydrogen-bond acceptors (Lipinski definition) is 7. The van der Waals surface area contributed by atoms with E-state index in [4.69, 9.17) is 10.5 Å². The Morgan fingerprint density at radius 2 is 2.33 bits per heavy atom. The van der Waals surface area contributed by atoms with Crippen LogP contribution in [0.3, 0.4) is 0 Å². The molecule has 0 aliphatic heterocycles. The third-order valence-electron chi connectivity index (χ3n) is 2.26. The van der Waals surface area contributed by atoms with Gasteiger partial charge in [0.2, 0.25) is 0 Å². The Bertz CT molecular complexity index is 407. The zero-order chi connectivity index (χ0) is 13.8. The zero-order valence-corrected chi connectivity index (χ0v) is 12.7. The third-order valence-corrected chi connectivity index (χ3v) is 4.24. The first-order valence-electron chi connectivity index (χ1n) is 5.78. The highest BCUT2D eigenvalue weighted by Gasteiger charge is 2.32. The number of carbonyl (C=O) groups excluding carboxylic acids is 1. The van der Waals surface area contributed by atoms with Gasteiger partial charge in [-0.3, -0.25) is 4.79 Å². The summed E-state index contributed by atoms with van der Waals surface area (Å²) in [4.78, 5) is 16.0. The Kier molecular flexibility index (Phi) is 5.55. The Balaban J connectivity index is 2.53. The molecule has 2 N–H and O–H groups in total. The van der Waals surface area contributed by atoms with E-state index in [0.717, 1.165) is 10.2 Å². The molecule has 18 heavy (non-hydrogen) atoms. The number of thioether (sulfide) groups is 1. The number of esters is 1. The zero-order valence-electron chi connectivity index (χ0n) is 11.1. The predicted octanol–water partition coefficient (Wildman–Crippen LogP) is 2.00. The molecule has 0 radical (unpaired) electrons. The lowest BCUT2D eigenvalue weighted by Crippen LogP contribution is -2.47. The van der Waals surface area contributed by atoms with E-state index >= 15 is 0 Å². The first-order chi connectivity index (χ1) is 8.35. The van der Waals surface area contributed by atoms with Gasteiger partial charge < -0.3 is 10.5 Å². The highest BCUT2D eigenvalue weighted by molar-refractivity contribution is 8.01. The van der Waals surface area contributed by atoms with Crippen LogP contribution < -0.4 is 5.73 Å². The number of nitrogens with two attached hydrogens (primary N) is 1. The van der Waals surface area contributed by atoms with Gasteiger partial charge in [-0.25, -0.2) is 4.98 Å². The van der Waals surface area contributed by atoms with Crippen LogP contribution in [0.2, 0.25) is 0 Å². The number of carbonyl (C=O) groups is 1. The smallest absolute Gasteiger partial charge is 0.325 e. The molecule has 5 nitrogen and oxygen atoms in total. The normalized spacial score (nSPS) is 16.1. The standard InChI is InChI=1S/C11H19N3O2S2/c1-5-16-9(15)11(4,12)6-7(2)17-10-13-8(3)14-18-10/h7H,5-6,12H2,1-4H3. The Hall–Kier alpha value is -0.660. The predicted molar refractivity (Wildman–Crippen MR) is 73.8 cm³/mol. The lowest BCUT2D eigenvalue weighted by Gasteiger charge is -2.24. The van der Waals surface area contributed by atoms with E-state index in [0.29, 0.717) is 13.0 Å². The van der Waals surface area contributed by atoms with Gasteiger partial charge >= 0.3 is 5.97 Å². The average molecular weight is 289 g/mol. The molecule has 0 aliphatic carbocycles. The Labute approximate surface area is 116 Å². The SMILES string of the molecule is CCOC(=O)C(C)(N)CC(C)Sc1nc(C)ns1. The largest absolute Gasteiger partial charge is 0.465 e. The molecule has 0 bridgehead atoms. The topological polar surface area (TPSA) is 78.1 Å². The van der Waals surface area contributed by atoms with Crippen LogP contribution in [0.5, 0.6) is 0 Å². The van der Waals surface area contributed by atoms with Gasteiger partial charge in [0.25, 0.3) is 0 Å². The van der Waals surface area contributed by atoms with Crippen molar-refractivity contribution in [3.05, 3.63) is 5.82 Å². The van der Waals surface area contributed by atoms with Gasteiger partial charge in [-0.2, -0.15) is 4.37 Å². The van der Waals surface area contributed by atoms with E-state index in [1.807, 2.05) is 13.8 Å². The van der Waals surface area contributed by atoms with Crippen molar-refractivity contribution in [2.75, 3.05) is 6.61 Å². The summed E-state index contributed by atoms with van der Waals surface area (Å²) in [5.74, 6) is 0.418. The van der Waals surface area contributed by atoms with E-state index in [1.54, 1.807) is 25.6 Å². The summed E-state index contributed by atoms with van der Waals surface area (Å²) in [5.41, 5.74) is 5.03. The van der Waals surface area contributed by atoms with Crippen LogP contribution in [-0.4, -0.2) is 32.7 Å². The number of ether oxygens (including phenoxy) is 1. The maximum absolute atomic E-state index is 11.7. The van der Waals surface area contributed by atoms with Crippen molar-refractivity contribution in [2.24, 2.45) is 5.73 Å². The highest BCUT2D eigenvalue weighted by Crippen LogP contribution is 2.29. The quantitative estimate of drug-likeness (QED) is 0.637. The van der Waals surface area contributed by atoms with Gasteiger partial charge in [0, 0.05) is 5.25 Å². The maximum Gasteiger partial charge on any atom is 0.325 e. The molecule has 1 heterocycles. The molecule has 1 rings (SSSR count). The number of rotatable bonds is 6. The molecule has 2 unspecified atom stereocenters. The lowest BCUT2D eigenvalue weighted by molar-refractivity contribution is -0.149. The minimum Gasteiger partial charge on any atom is -0.465 e. The van der Waals surface area contributed by atoms with Crippen molar-refractivity contribution in [3.8, 4) is 0 Å². The van der Waals surface area contributed by atoms with Crippen LogP contribution in [0.15, 0.2) is 4.34 Å². The molecule has 0 saturated heterocycles. The first-order valence-corrected chi connectivity index (χ1v) is 7.43. The monoisotopic (exact) mass is 289 g/mol. The minimum atomic E-state index is -0.956. The van der Waals surface area contributed by atoms with E-state index in [2.05, 4.69) is 9.36 Å². The summed E-state index contributed by atoms with van der Waals surface area (Å²) in [6, 6.07) is 0. The van der Waals surface area contributed by atoms with Gasteiger partial charge in [-0.1, -0.05) is 18.7 Å². The van der Waals surface area contributed by atoms with Crippen molar-refractivity contribution >= 4 is 29.3 Å². The molecule has 2 atom stereocenters. The van der Waals surface area contributed by atoms with E-state index < -0.39 is 5.54 Å². The average Bonchev–Trinajstić information content (AvgIpc) is 2.63. The summed E-state index contributed by atoms with van der Waals surface area (Å²) in [6.45, 7) is 7.70. The number of nitrogens with zero attached hydrogens (tertiary/aromatic N) is 2. The van der Waals surface area contributed by atoms with E-state index in [9.17, 15) is 4.79 Å². The molecule has 0 aliphatic rings. The van der Waals surface area contributed by atoms with Crippen LogP contribution in [-0.2, 0) is 9.53 Å². The molecule has 7 heteroatoms. The number of aryl methyl sites for hydroxylation is 1. The fourth-order valence-electron chi connectivity index (χ4n) is 1.52. The van der Waals surface area contributed by atoms with Crippen LogP contribution in [0, 0.1) is 6.92 Å². The fraction of sp³-hybridized carbons (Fsp3) is 0.727. The van der Waals surface area contributed by atoms with Crippen LogP contribution in [0.4, 0.5) is 0 Å². The van der Waals surface area contributed by atoms with Crippen LogP contribution >= 0.6 is 23.3 Å².